The van der Waals surface area contributed by atoms with Gasteiger partial charge in [0.25, 0.3) is 0 Å². The van der Waals surface area contributed by atoms with Gasteiger partial charge in [-0.1, -0.05) is 24.3 Å². The highest BCUT2D eigenvalue weighted by atomic mass is 19.1. The van der Waals surface area contributed by atoms with Crippen molar-refractivity contribution in [3.8, 4) is 0 Å². The molecule has 2 rings (SSSR count). The zero-order valence-corrected chi connectivity index (χ0v) is 9.24. The molecule has 0 amide bonds. The summed E-state index contributed by atoms with van der Waals surface area (Å²) >= 11 is 0. The minimum atomic E-state index is -0.957. The molecule has 0 spiro atoms. The first-order chi connectivity index (χ1) is 7.68. The first-order valence-electron chi connectivity index (χ1n) is 5.51. The number of benzene rings is 1. The van der Waals surface area contributed by atoms with Crippen LogP contribution in [0, 0.1) is 0 Å². The number of nitrogens with zero attached hydrogens (tertiary/aromatic N) is 1. The summed E-state index contributed by atoms with van der Waals surface area (Å²) in [5.74, 6) is 0. The van der Waals surface area contributed by atoms with Crippen LogP contribution in [-0.4, -0.2) is 6.08 Å². The van der Waals surface area contributed by atoms with Crippen molar-refractivity contribution < 1.29 is 9.18 Å². The Balaban J connectivity index is 2.30. The van der Waals surface area contributed by atoms with Crippen LogP contribution in [0.4, 0.5) is 4.39 Å². The van der Waals surface area contributed by atoms with Gasteiger partial charge in [-0.2, -0.15) is 4.99 Å². The van der Waals surface area contributed by atoms with Crippen molar-refractivity contribution in [1.29, 1.82) is 0 Å². The van der Waals surface area contributed by atoms with E-state index in [1.807, 2.05) is 12.1 Å². The quantitative estimate of drug-likeness (QED) is 0.565. The van der Waals surface area contributed by atoms with E-state index in [0.717, 1.165) is 24.8 Å². The summed E-state index contributed by atoms with van der Waals surface area (Å²) in [6, 6.07) is 7.26. The summed E-state index contributed by atoms with van der Waals surface area (Å²) in [5, 5.41) is 0. The third-order valence-corrected chi connectivity index (χ3v) is 3.35. The van der Waals surface area contributed by atoms with Crippen LogP contribution in [0.15, 0.2) is 29.3 Å². The van der Waals surface area contributed by atoms with Gasteiger partial charge < -0.3 is 0 Å². The fourth-order valence-electron chi connectivity index (χ4n) is 2.12. The Morgan fingerprint density at radius 2 is 2.00 bits per heavy atom. The third kappa shape index (κ3) is 1.79. The van der Waals surface area contributed by atoms with Gasteiger partial charge >= 0.3 is 0 Å². The van der Waals surface area contributed by atoms with Crippen molar-refractivity contribution in [3.05, 3.63) is 35.4 Å². The molecule has 1 aromatic rings. The van der Waals surface area contributed by atoms with Crippen molar-refractivity contribution in [1.82, 2.24) is 0 Å². The Hall–Kier alpha value is -1.47. The molecule has 1 atom stereocenters. The summed E-state index contributed by atoms with van der Waals surface area (Å²) in [5.41, 5.74) is 1.28. The number of hydrogen-bond donors (Lipinski definition) is 0. The van der Waals surface area contributed by atoms with Crippen molar-refractivity contribution in [2.75, 3.05) is 0 Å². The van der Waals surface area contributed by atoms with Crippen molar-refractivity contribution in [2.45, 2.75) is 37.9 Å². The van der Waals surface area contributed by atoms with Gasteiger partial charge in [0.2, 0.25) is 6.08 Å². The van der Waals surface area contributed by atoms with E-state index in [1.54, 1.807) is 18.2 Å². The molecule has 1 unspecified atom stereocenters. The van der Waals surface area contributed by atoms with Crippen LogP contribution in [0.5, 0.6) is 0 Å². The second kappa shape index (κ2) is 4.18. The highest BCUT2D eigenvalue weighted by molar-refractivity contribution is 5.40. The van der Waals surface area contributed by atoms with E-state index in [2.05, 4.69) is 4.99 Å². The molecule has 3 heteroatoms. The van der Waals surface area contributed by atoms with Gasteiger partial charge in [-0.3, -0.25) is 0 Å². The largest absolute Gasteiger partial charge is 0.243 e. The molecule has 0 radical (unpaired) electrons. The lowest BCUT2D eigenvalue weighted by atomic mass is 9.72. The molecule has 1 saturated carbocycles. The van der Waals surface area contributed by atoms with Crippen LogP contribution >= 0.6 is 0 Å². The summed E-state index contributed by atoms with van der Waals surface area (Å²) in [6.45, 7) is 1.51. The predicted molar refractivity (Wildman–Crippen MR) is 59.6 cm³/mol. The summed E-state index contributed by atoms with van der Waals surface area (Å²) in [6.07, 6.45) is 3.53. The fourth-order valence-corrected chi connectivity index (χ4v) is 2.12. The van der Waals surface area contributed by atoms with Gasteiger partial charge in [-0.05, 0) is 37.3 Å². The van der Waals surface area contributed by atoms with E-state index in [9.17, 15) is 9.18 Å². The van der Waals surface area contributed by atoms with Gasteiger partial charge in [-0.25, -0.2) is 9.18 Å². The van der Waals surface area contributed by atoms with Crippen LogP contribution in [0.2, 0.25) is 0 Å². The molecule has 1 aliphatic rings. The number of rotatable bonds is 3. The molecule has 1 aliphatic carbocycles. The lowest BCUT2D eigenvalue weighted by Gasteiger charge is -2.37. The van der Waals surface area contributed by atoms with Crippen molar-refractivity contribution in [2.24, 2.45) is 4.99 Å². The molecule has 84 valence electrons. The first-order valence-corrected chi connectivity index (χ1v) is 5.51. The second-order valence-corrected chi connectivity index (χ2v) is 4.33. The molecular formula is C13H14FNO. The minimum absolute atomic E-state index is 0.375. The molecule has 0 N–H and O–H groups in total. The third-order valence-electron chi connectivity index (χ3n) is 3.35. The molecular weight excluding hydrogens is 205 g/mol. The van der Waals surface area contributed by atoms with Gasteiger partial charge in [0.1, 0.15) is 6.17 Å². The normalized spacial score (nSPS) is 19.4. The number of hydrogen-bond acceptors (Lipinski definition) is 2. The second-order valence-electron chi connectivity index (χ2n) is 4.33. The van der Waals surface area contributed by atoms with E-state index in [1.165, 1.54) is 6.92 Å². The number of alkyl halides is 1. The topological polar surface area (TPSA) is 29.4 Å². The maximum absolute atomic E-state index is 13.0. The minimum Gasteiger partial charge on any atom is -0.243 e. The maximum Gasteiger partial charge on any atom is 0.235 e. The zero-order chi connectivity index (χ0) is 11.6. The van der Waals surface area contributed by atoms with Gasteiger partial charge in [0.15, 0.2) is 0 Å². The highest BCUT2D eigenvalue weighted by Crippen LogP contribution is 2.44. The van der Waals surface area contributed by atoms with Gasteiger partial charge in [0.05, 0.1) is 5.54 Å². The lowest BCUT2D eigenvalue weighted by Crippen LogP contribution is -2.31. The molecule has 0 bridgehead atoms. The average Bonchev–Trinajstić information content (AvgIpc) is 2.23. The zero-order valence-electron chi connectivity index (χ0n) is 9.24. The van der Waals surface area contributed by atoms with E-state index >= 15 is 0 Å². The Morgan fingerprint density at radius 1 is 1.38 bits per heavy atom. The molecule has 1 fully saturated rings. The monoisotopic (exact) mass is 219 g/mol. The van der Waals surface area contributed by atoms with E-state index < -0.39 is 6.17 Å². The Kier molecular flexibility index (Phi) is 2.88. The summed E-state index contributed by atoms with van der Waals surface area (Å²) in [7, 11) is 0. The molecule has 0 saturated heterocycles. The first kappa shape index (κ1) is 11.0. The van der Waals surface area contributed by atoms with Crippen LogP contribution in [0.25, 0.3) is 0 Å². The number of halogens is 1. The average molecular weight is 219 g/mol. The predicted octanol–water partition coefficient (Wildman–Crippen LogP) is 3.43. The molecule has 0 aromatic heterocycles. The number of aliphatic imine (C=N–C) groups is 1. The molecule has 16 heavy (non-hydrogen) atoms. The smallest absolute Gasteiger partial charge is 0.235 e. The van der Waals surface area contributed by atoms with E-state index in [-0.39, 0.29) is 5.54 Å². The highest BCUT2D eigenvalue weighted by Gasteiger charge is 2.38. The molecule has 0 heterocycles. The Morgan fingerprint density at radius 3 is 2.38 bits per heavy atom. The van der Waals surface area contributed by atoms with Gasteiger partial charge in [-0.15, -0.1) is 0 Å². The van der Waals surface area contributed by atoms with E-state index in [0.29, 0.717) is 5.56 Å². The SMILES string of the molecule is CC(F)c1ccc(C2(N=C=O)CCC2)cc1. The van der Waals surface area contributed by atoms with Crippen LogP contribution in [-0.2, 0) is 10.3 Å². The van der Waals surface area contributed by atoms with Crippen molar-refractivity contribution >= 4 is 6.08 Å². The number of isocyanates is 1. The van der Waals surface area contributed by atoms with Crippen LogP contribution < -0.4 is 0 Å². The summed E-state index contributed by atoms with van der Waals surface area (Å²) in [4.78, 5) is 14.3. The molecule has 1 aromatic carbocycles. The van der Waals surface area contributed by atoms with Crippen molar-refractivity contribution in [3.63, 3.8) is 0 Å². The molecule has 0 aliphatic heterocycles. The van der Waals surface area contributed by atoms with Gasteiger partial charge in [0, 0.05) is 0 Å². The van der Waals surface area contributed by atoms with Crippen LogP contribution in [0.1, 0.15) is 43.5 Å². The summed E-state index contributed by atoms with van der Waals surface area (Å²) < 4.78 is 13.0. The van der Waals surface area contributed by atoms with E-state index in [4.69, 9.17) is 0 Å². The number of carbonyl (C=O) groups excluding carboxylic acids is 1. The van der Waals surface area contributed by atoms with Crippen LogP contribution in [0.3, 0.4) is 0 Å². The Labute approximate surface area is 94.2 Å². The lowest BCUT2D eigenvalue weighted by molar-refractivity contribution is 0.255. The Bertz CT molecular complexity index is 414. The molecule has 2 nitrogen and oxygen atoms in total. The standard InChI is InChI=1S/C13H14FNO/c1-10(14)11-3-5-12(6-4-11)13(15-9-16)7-2-8-13/h3-6,10H,2,7-8H2,1H3. The fraction of sp³-hybridized carbons (Fsp3) is 0.462. The maximum atomic E-state index is 13.0.